The van der Waals surface area contributed by atoms with E-state index in [-0.39, 0.29) is 24.4 Å². The molecule has 2 aliphatic heterocycles. The van der Waals surface area contributed by atoms with E-state index < -0.39 is 5.97 Å². The van der Waals surface area contributed by atoms with Gasteiger partial charge in [-0.3, -0.25) is 9.59 Å². The first-order chi connectivity index (χ1) is 9.95. The Morgan fingerprint density at radius 1 is 1.14 bits per heavy atom. The SMILES string of the molecule is CC(=O)NC1CCN(C(=O)N2CCC(CCC(=O)O)C2)C1. The molecule has 0 aromatic rings. The Hall–Kier alpha value is -1.79. The number of hydrogen-bond acceptors (Lipinski definition) is 3. The Bertz CT molecular complexity index is 426. The van der Waals surface area contributed by atoms with E-state index in [9.17, 15) is 14.4 Å². The van der Waals surface area contributed by atoms with E-state index in [1.54, 1.807) is 4.90 Å². The minimum atomic E-state index is -0.780. The summed E-state index contributed by atoms with van der Waals surface area (Å²) < 4.78 is 0. The van der Waals surface area contributed by atoms with Gasteiger partial charge in [-0.1, -0.05) is 0 Å². The van der Waals surface area contributed by atoms with Gasteiger partial charge in [-0.25, -0.2) is 4.79 Å². The van der Waals surface area contributed by atoms with Crippen molar-refractivity contribution < 1.29 is 19.5 Å². The van der Waals surface area contributed by atoms with Crippen molar-refractivity contribution in [2.24, 2.45) is 5.92 Å². The van der Waals surface area contributed by atoms with E-state index in [1.807, 2.05) is 4.90 Å². The maximum absolute atomic E-state index is 12.4. The molecule has 7 heteroatoms. The lowest BCUT2D eigenvalue weighted by atomic mass is 10.0. The van der Waals surface area contributed by atoms with Crippen LogP contribution >= 0.6 is 0 Å². The summed E-state index contributed by atoms with van der Waals surface area (Å²) in [5.41, 5.74) is 0. The van der Waals surface area contributed by atoms with Crippen LogP contribution in [0.5, 0.6) is 0 Å². The number of carboxylic acid groups (broad SMARTS) is 1. The number of carboxylic acids is 1. The number of nitrogens with zero attached hydrogens (tertiary/aromatic N) is 2. The largest absolute Gasteiger partial charge is 0.481 e. The van der Waals surface area contributed by atoms with Crippen LogP contribution < -0.4 is 5.32 Å². The van der Waals surface area contributed by atoms with Gasteiger partial charge in [-0.05, 0) is 25.2 Å². The molecule has 0 aliphatic carbocycles. The highest BCUT2D eigenvalue weighted by molar-refractivity contribution is 5.76. The molecule has 2 fully saturated rings. The Morgan fingerprint density at radius 3 is 2.48 bits per heavy atom. The van der Waals surface area contributed by atoms with Gasteiger partial charge >= 0.3 is 12.0 Å². The van der Waals surface area contributed by atoms with Crippen LogP contribution in [-0.2, 0) is 9.59 Å². The second-order valence-corrected chi connectivity index (χ2v) is 5.95. The molecule has 2 unspecified atom stereocenters. The van der Waals surface area contributed by atoms with Gasteiger partial charge in [-0.2, -0.15) is 0 Å². The quantitative estimate of drug-likeness (QED) is 0.791. The minimum absolute atomic E-state index is 0.0145. The van der Waals surface area contributed by atoms with E-state index in [0.29, 0.717) is 38.5 Å². The normalized spacial score (nSPS) is 25.2. The van der Waals surface area contributed by atoms with Crippen molar-refractivity contribution >= 4 is 17.9 Å². The van der Waals surface area contributed by atoms with Gasteiger partial charge in [0.1, 0.15) is 0 Å². The van der Waals surface area contributed by atoms with E-state index >= 15 is 0 Å². The fourth-order valence-corrected chi connectivity index (χ4v) is 3.11. The van der Waals surface area contributed by atoms with Crippen molar-refractivity contribution in [3.63, 3.8) is 0 Å². The molecule has 118 valence electrons. The van der Waals surface area contributed by atoms with Crippen molar-refractivity contribution in [2.45, 2.75) is 38.6 Å². The number of urea groups is 1. The number of carbonyl (C=O) groups excluding carboxylic acids is 2. The lowest BCUT2D eigenvalue weighted by Gasteiger charge is -2.24. The maximum Gasteiger partial charge on any atom is 0.320 e. The third-order valence-electron chi connectivity index (χ3n) is 4.19. The zero-order valence-electron chi connectivity index (χ0n) is 12.4. The Kier molecular flexibility index (Phi) is 5.03. The molecule has 2 atom stereocenters. The van der Waals surface area contributed by atoms with Gasteiger partial charge in [0.05, 0.1) is 0 Å². The van der Waals surface area contributed by atoms with Gasteiger partial charge in [0, 0.05) is 45.6 Å². The number of aliphatic carboxylic acids is 1. The number of likely N-dealkylation sites (tertiary alicyclic amines) is 2. The second kappa shape index (κ2) is 6.78. The standard InChI is InChI=1S/C14H23N3O4/c1-10(18)15-12-5-7-17(9-12)14(21)16-6-4-11(8-16)2-3-13(19)20/h11-12H,2-9H2,1H3,(H,15,18)(H,19,20). The van der Waals surface area contributed by atoms with E-state index in [4.69, 9.17) is 5.11 Å². The van der Waals surface area contributed by atoms with Crippen LogP contribution in [0.4, 0.5) is 4.79 Å². The average Bonchev–Trinajstić information content (AvgIpc) is 3.03. The zero-order valence-corrected chi connectivity index (χ0v) is 12.4. The lowest BCUT2D eigenvalue weighted by molar-refractivity contribution is -0.137. The number of rotatable bonds is 4. The van der Waals surface area contributed by atoms with Gasteiger partial charge in [0.15, 0.2) is 0 Å². The Morgan fingerprint density at radius 2 is 1.81 bits per heavy atom. The zero-order chi connectivity index (χ0) is 15.4. The molecular formula is C14H23N3O4. The Balaban J connectivity index is 1.77. The first kappa shape index (κ1) is 15.6. The molecule has 2 saturated heterocycles. The topological polar surface area (TPSA) is 90.0 Å². The molecule has 7 nitrogen and oxygen atoms in total. The number of nitrogens with one attached hydrogen (secondary N) is 1. The monoisotopic (exact) mass is 297 g/mol. The summed E-state index contributed by atoms with van der Waals surface area (Å²) in [6, 6.07) is 0.0672. The third-order valence-corrected chi connectivity index (χ3v) is 4.19. The molecule has 2 N–H and O–H groups in total. The number of hydrogen-bond donors (Lipinski definition) is 2. The van der Waals surface area contributed by atoms with Crippen molar-refractivity contribution in [1.82, 2.24) is 15.1 Å². The third kappa shape index (κ3) is 4.34. The fraction of sp³-hybridized carbons (Fsp3) is 0.786. The second-order valence-electron chi connectivity index (χ2n) is 5.95. The van der Waals surface area contributed by atoms with Crippen LogP contribution in [0, 0.1) is 5.92 Å². The smallest absolute Gasteiger partial charge is 0.320 e. The predicted octanol–water partition coefficient (Wildman–Crippen LogP) is 0.504. The van der Waals surface area contributed by atoms with Crippen molar-refractivity contribution in [3.05, 3.63) is 0 Å². The van der Waals surface area contributed by atoms with Crippen molar-refractivity contribution in [3.8, 4) is 0 Å². The summed E-state index contributed by atoms with van der Waals surface area (Å²) in [6.07, 6.45) is 2.47. The molecule has 2 heterocycles. The fourth-order valence-electron chi connectivity index (χ4n) is 3.11. The molecule has 0 radical (unpaired) electrons. The van der Waals surface area contributed by atoms with Gasteiger partial charge in [0.25, 0.3) is 0 Å². The van der Waals surface area contributed by atoms with Crippen LogP contribution in [0.3, 0.4) is 0 Å². The molecule has 0 spiro atoms. The molecule has 0 saturated carbocycles. The van der Waals surface area contributed by atoms with Gasteiger partial charge in [0.2, 0.25) is 5.91 Å². The summed E-state index contributed by atoms with van der Waals surface area (Å²) in [4.78, 5) is 37.6. The van der Waals surface area contributed by atoms with Crippen molar-refractivity contribution in [2.75, 3.05) is 26.2 Å². The summed E-state index contributed by atoms with van der Waals surface area (Å²) in [7, 11) is 0. The first-order valence-corrected chi connectivity index (χ1v) is 7.48. The highest BCUT2D eigenvalue weighted by atomic mass is 16.4. The van der Waals surface area contributed by atoms with Crippen molar-refractivity contribution in [1.29, 1.82) is 0 Å². The lowest BCUT2D eigenvalue weighted by Crippen LogP contribution is -2.43. The average molecular weight is 297 g/mol. The van der Waals surface area contributed by atoms with Gasteiger partial charge in [-0.15, -0.1) is 0 Å². The molecule has 2 aliphatic rings. The van der Waals surface area contributed by atoms with Crippen LogP contribution in [0.1, 0.15) is 32.6 Å². The molecule has 3 amide bonds. The molecular weight excluding hydrogens is 274 g/mol. The summed E-state index contributed by atoms with van der Waals surface area (Å²) >= 11 is 0. The number of carbonyl (C=O) groups is 3. The van der Waals surface area contributed by atoms with E-state index in [0.717, 1.165) is 12.8 Å². The summed E-state index contributed by atoms with van der Waals surface area (Å²) in [6.45, 7) is 4.06. The summed E-state index contributed by atoms with van der Waals surface area (Å²) in [5, 5.41) is 11.5. The molecule has 21 heavy (non-hydrogen) atoms. The maximum atomic E-state index is 12.4. The van der Waals surface area contributed by atoms with Crippen LogP contribution in [0.15, 0.2) is 0 Å². The summed E-state index contributed by atoms with van der Waals surface area (Å²) in [5.74, 6) is -0.555. The molecule has 0 aromatic heterocycles. The molecule has 2 rings (SSSR count). The molecule has 0 aromatic carbocycles. The minimum Gasteiger partial charge on any atom is -0.481 e. The first-order valence-electron chi connectivity index (χ1n) is 7.48. The van der Waals surface area contributed by atoms with E-state index in [1.165, 1.54) is 6.92 Å². The molecule has 0 bridgehead atoms. The van der Waals surface area contributed by atoms with Crippen LogP contribution in [0.2, 0.25) is 0 Å². The Labute approximate surface area is 124 Å². The van der Waals surface area contributed by atoms with E-state index in [2.05, 4.69) is 5.32 Å². The van der Waals surface area contributed by atoms with Crippen LogP contribution in [0.25, 0.3) is 0 Å². The van der Waals surface area contributed by atoms with Gasteiger partial charge < -0.3 is 20.2 Å². The van der Waals surface area contributed by atoms with Crippen LogP contribution in [-0.4, -0.2) is 65.0 Å². The number of amides is 3. The predicted molar refractivity (Wildman–Crippen MR) is 75.7 cm³/mol. The highest BCUT2D eigenvalue weighted by Crippen LogP contribution is 2.23. The highest BCUT2D eigenvalue weighted by Gasteiger charge is 2.33.